The first-order chi connectivity index (χ1) is 11.7. The van der Waals surface area contributed by atoms with Gasteiger partial charge in [0.2, 0.25) is 5.91 Å². The molecule has 0 bridgehead atoms. The number of H-pyrrole nitrogens is 1. The first-order valence-corrected chi connectivity index (χ1v) is 8.27. The average molecular weight is 322 g/mol. The highest BCUT2D eigenvalue weighted by Gasteiger charge is 2.15. The summed E-state index contributed by atoms with van der Waals surface area (Å²) in [5.41, 5.74) is 9.36. The van der Waals surface area contributed by atoms with Gasteiger partial charge in [-0.05, 0) is 30.2 Å². The Morgan fingerprint density at radius 2 is 2.04 bits per heavy atom. The minimum absolute atomic E-state index is 0.230. The van der Waals surface area contributed by atoms with Crippen molar-refractivity contribution in [2.24, 2.45) is 5.73 Å². The molecule has 24 heavy (non-hydrogen) atoms. The fourth-order valence-electron chi connectivity index (χ4n) is 2.63. The van der Waals surface area contributed by atoms with E-state index in [0.29, 0.717) is 5.69 Å². The lowest BCUT2D eigenvalue weighted by Gasteiger charge is -2.12. The zero-order valence-corrected chi connectivity index (χ0v) is 13.8. The van der Waals surface area contributed by atoms with Crippen LogP contribution < -0.4 is 11.1 Å². The molecule has 5 heteroatoms. The van der Waals surface area contributed by atoms with Gasteiger partial charge in [0.15, 0.2) is 0 Å². The van der Waals surface area contributed by atoms with Crippen LogP contribution in [0.15, 0.2) is 48.5 Å². The number of nitrogens with one attached hydrogen (secondary N) is 2. The molecular formula is C19H22N4O. The maximum atomic E-state index is 12.3. The van der Waals surface area contributed by atoms with Crippen molar-refractivity contribution in [3.05, 3.63) is 59.9 Å². The van der Waals surface area contributed by atoms with Gasteiger partial charge in [-0.25, -0.2) is 4.98 Å². The van der Waals surface area contributed by atoms with Gasteiger partial charge in [0, 0.05) is 12.1 Å². The van der Waals surface area contributed by atoms with Crippen LogP contribution in [-0.2, 0) is 11.2 Å². The maximum Gasteiger partial charge on any atom is 0.245 e. The highest BCUT2D eigenvalue weighted by Crippen LogP contribution is 2.19. The van der Waals surface area contributed by atoms with E-state index in [4.69, 9.17) is 5.73 Å². The number of nitrogens with zero attached hydrogens (tertiary/aromatic N) is 1. The molecule has 4 N–H and O–H groups in total. The van der Waals surface area contributed by atoms with Crippen molar-refractivity contribution in [1.29, 1.82) is 0 Å². The highest BCUT2D eigenvalue weighted by molar-refractivity contribution is 5.96. The largest absolute Gasteiger partial charge is 0.342 e. The molecule has 0 radical (unpaired) electrons. The lowest BCUT2D eigenvalue weighted by molar-refractivity contribution is -0.117. The Labute approximate surface area is 141 Å². The van der Waals surface area contributed by atoms with Crippen molar-refractivity contribution in [3.63, 3.8) is 0 Å². The molecule has 5 nitrogen and oxygen atoms in total. The van der Waals surface area contributed by atoms with Crippen LogP contribution in [0, 0.1) is 0 Å². The second kappa shape index (κ2) is 7.27. The van der Waals surface area contributed by atoms with E-state index in [0.717, 1.165) is 41.7 Å². The zero-order chi connectivity index (χ0) is 16.9. The number of amides is 1. The first-order valence-electron chi connectivity index (χ1n) is 8.27. The number of aromatic amines is 1. The van der Waals surface area contributed by atoms with E-state index in [1.54, 1.807) is 0 Å². The number of aromatic nitrogens is 2. The normalized spacial score (nSPS) is 12.2. The quantitative estimate of drug-likeness (QED) is 0.649. The molecule has 1 heterocycles. The summed E-state index contributed by atoms with van der Waals surface area (Å²) in [5.74, 6) is 0.752. The lowest BCUT2D eigenvalue weighted by atomic mass is 10.1. The van der Waals surface area contributed by atoms with Crippen LogP contribution in [0.5, 0.6) is 0 Å². The number of carbonyl (C=O) groups is 1. The number of carbonyl (C=O) groups excluding carboxylic acids is 1. The van der Waals surface area contributed by atoms with Crippen molar-refractivity contribution in [1.82, 2.24) is 9.97 Å². The second-order valence-corrected chi connectivity index (χ2v) is 5.90. The fourth-order valence-corrected chi connectivity index (χ4v) is 2.63. The summed E-state index contributed by atoms with van der Waals surface area (Å²) in [6, 6.07) is 14.3. The molecule has 1 amide bonds. The number of hydrogen-bond acceptors (Lipinski definition) is 3. The van der Waals surface area contributed by atoms with E-state index in [2.05, 4.69) is 22.2 Å². The van der Waals surface area contributed by atoms with Crippen LogP contribution in [0.2, 0.25) is 0 Å². The number of benzene rings is 2. The van der Waals surface area contributed by atoms with Gasteiger partial charge < -0.3 is 16.0 Å². The van der Waals surface area contributed by atoms with Gasteiger partial charge in [-0.15, -0.1) is 0 Å². The first kappa shape index (κ1) is 16.2. The monoisotopic (exact) mass is 322 g/mol. The molecule has 1 atom stereocenters. The van der Waals surface area contributed by atoms with Gasteiger partial charge in [-0.2, -0.15) is 0 Å². The van der Waals surface area contributed by atoms with Gasteiger partial charge in [-0.3, -0.25) is 4.79 Å². The van der Waals surface area contributed by atoms with Crippen LogP contribution in [0.4, 0.5) is 5.69 Å². The Balaban J connectivity index is 1.73. The molecule has 3 aromatic rings. The zero-order valence-electron chi connectivity index (χ0n) is 13.8. The minimum Gasteiger partial charge on any atom is -0.342 e. The molecule has 0 saturated heterocycles. The summed E-state index contributed by atoms with van der Waals surface area (Å²) in [4.78, 5) is 20.2. The summed E-state index contributed by atoms with van der Waals surface area (Å²) < 4.78 is 0. The Kier molecular flexibility index (Phi) is 4.91. The third-order valence-corrected chi connectivity index (χ3v) is 4.01. The summed E-state index contributed by atoms with van der Waals surface area (Å²) in [6.07, 6.45) is 3.18. The number of hydrogen-bond donors (Lipinski definition) is 3. The van der Waals surface area contributed by atoms with Gasteiger partial charge in [0.1, 0.15) is 11.9 Å². The van der Waals surface area contributed by atoms with Crippen LogP contribution in [0.25, 0.3) is 11.0 Å². The summed E-state index contributed by atoms with van der Waals surface area (Å²) in [5, 5.41) is 2.87. The molecule has 1 aromatic heterocycles. The molecule has 0 saturated carbocycles. The van der Waals surface area contributed by atoms with Crippen molar-refractivity contribution >= 4 is 22.6 Å². The fraction of sp³-hybridized carbons (Fsp3) is 0.263. The smallest absolute Gasteiger partial charge is 0.245 e. The van der Waals surface area contributed by atoms with Crippen molar-refractivity contribution < 1.29 is 4.79 Å². The standard InChI is InChI=1S/C19H22N4O/c1-2-3-9-17-22-15-11-10-14(12-16(15)23-17)21-19(24)18(20)13-7-5-4-6-8-13/h4-8,10-12,18H,2-3,9,20H2,1H3,(H,21,24)(H,22,23). The molecule has 124 valence electrons. The number of aryl methyl sites for hydroxylation is 1. The summed E-state index contributed by atoms with van der Waals surface area (Å²) >= 11 is 0. The average Bonchev–Trinajstić information content (AvgIpc) is 3.02. The van der Waals surface area contributed by atoms with E-state index < -0.39 is 6.04 Å². The number of rotatable bonds is 6. The predicted molar refractivity (Wildman–Crippen MR) is 96.7 cm³/mol. The van der Waals surface area contributed by atoms with E-state index in [1.807, 2.05) is 48.5 Å². The van der Waals surface area contributed by atoms with Crippen LogP contribution in [0.1, 0.15) is 37.2 Å². The molecule has 0 spiro atoms. The van der Waals surface area contributed by atoms with E-state index in [-0.39, 0.29) is 5.91 Å². The second-order valence-electron chi connectivity index (χ2n) is 5.90. The van der Waals surface area contributed by atoms with Gasteiger partial charge in [0.05, 0.1) is 11.0 Å². The molecule has 3 rings (SSSR count). The van der Waals surface area contributed by atoms with E-state index >= 15 is 0 Å². The van der Waals surface area contributed by atoms with Gasteiger partial charge in [-0.1, -0.05) is 43.7 Å². The van der Waals surface area contributed by atoms with Crippen molar-refractivity contribution in [2.75, 3.05) is 5.32 Å². The number of anilines is 1. The van der Waals surface area contributed by atoms with Gasteiger partial charge in [0.25, 0.3) is 0 Å². The van der Waals surface area contributed by atoms with E-state index in [1.165, 1.54) is 0 Å². The van der Waals surface area contributed by atoms with Crippen molar-refractivity contribution in [2.45, 2.75) is 32.2 Å². The maximum absolute atomic E-state index is 12.3. The van der Waals surface area contributed by atoms with Gasteiger partial charge >= 0.3 is 0 Å². The molecular weight excluding hydrogens is 300 g/mol. The van der Waals surface area contributed by atoms with Crippen LogP contribution in [-0.4, -0.2) is 15.9 Å². The molecule has 0 aliphatic carbocycles. The number of imidazole rings is 1. The minimum atomic E-state index is -0.691. The van der Waals surface area contributed by atoms with Crippen LogP contribution >= 0.6 is 0 Å². The number of nitrogens with two attached hydrogens (primary N) is 1. The lowest BCUT2D eigenvalue weighted by Crippen LogP contribution is -2.27. The predicted octanol–water partition coefficient (Wildman–Crippen LogP) is 3.54. The SMILES string of the molecule is CCCCc1nc2ccc(NC(=O)C(N)c3ccccc3)cc2[nH]1. The van der Waals surface area contributed by atoms with E-state index in [9.17, 15) is 4.79 Å². The molecule has 0 fully saturated rings. The van der Waals surface area contributed by atoms with Crippen molar-refractivity contribution in [3.8, 4) is 0 Å². The Hall–Kier alpha value is -2.66. The molecule has 0 aliphatic heterocycles. The molecule has 2 aromatic carbocycles. The molecule has 0 aliphatic rings. The van der Waals surface area contributed by atoms with Crippen LogP contribution in [0.3, 0.4) is 0 Å². The third-order valence-electron chi connectivity index (χ3n) is 4.01. The number of fused-ring (bicyclic) bond motifs is 1. The Bertz CT molecular complexity index is 826. The number of unbranched alkanes of at least 4 members (excludes halogenated alkanes) is 1. The Morgan fingerprint density at radius 1 is 1.25 bits per heavy atom. The topological polar surface area (TPSA) is 83.8 Å². The Morgan fingerprint density at radius 3 is 2.79 bits per heavy atom. The highest BCUT2D eigenvalue weighted by atomic mass is 16.2. The molecule has 1 unspecified atom stereocenters. The third kappa shape index (κ3) is 3.63. The summed E-state index contributed by atoms with van der Waals surface area (Å²) in [7, 11) is 0. The summed E-state index contributed by atoms with van der Waals surface area (Å²) in [6.45, 7) is 2.16.